The summed E-state index contributed by atoms with van der Waals surface area (Å²) in [6.45, 7) is -0.735. The van der Waals surface area contributed by atoms with Crippen LogP contribution in [0.5, 0.6) is 0 Å². The van der Waals surface area contributed by atoms with Gasteiger partial charge in [-0.2, -0.15) is 8.42 Å². The minimum atomic E-state index is -4.70. The Hall–Kier alpha value is -1.14. The highest BCUT2D eigenvalue weighted by Gasteiger charge is 2.44. The summed E-state index contributed by atoms with van der Waals surface area (Å²) in [5, 5.41) is 0. The minimum Gasteiger partial charge on any atom is -0.495 e. The lowest BCUT2D eigenvalue weighted by molar-refractivity contribution is 0.0965. The lowest BCUT2D eigenvalue weighted by Gasteiger charge is -2.31. The average molecular weight is 343 g/mol. The van der Waals surface area contributed by atoms with Crippen molar-refractivity contribution in [3.63, 3.8) is 0 Å². The van der Waals surface area contributed by atoms with E-state index in [4.69, 9.17) is 19.8 Å². The molecule has 3 N–H and O–H groups in total. The van der Waals surface area contributed by atoms with Gasteiger partial charge < -0.3 is 15.2 Å². The second kappa shape index (κ2) is 6.32. The third-order valence-corrected chi connectivity index (χ3v) is 5.59. The molecule has 21 heavy (non-hydrogen) atoms. The van der Waals surface area contributed by atoms with Crippen molar-refractivity contribution >= 4 is 20.2 Å². The molecule has 1 aliphatic carbocycles. The van der Waals surface area contributed by atoms with Gasteiger partial charge in [-0.15, -0.1) is 0 Å². The Morgan fingerprint density at radius 2 is 1.95 bits per heavy atom. The van der Waals surface area contributed by atoms with Gasteiger partial charge in [0.1, 0.15) is 5.76 Å². The molecule has 0 radical (unpaired) electrons. The van der Waals surface area contributed by atoms with Crippen molar-refractivity contribution in [1.82, 2.24) is 0 Å². The van der Waals surface area contributed by atoms with Crippen LogP contribution in [0.1, 0.15) is 6.42 Å². The van der Waals surface area contributed by atoms with Crippen LogP contribution < -0.4 is 5.73 Å². The van der Waals surface area contributed by atoms with E-state index in [-0.39, 0.29) is 12.1 Å². The van der Waals surface area contributed by atoms with Crippen LogP contribution in [0, 0.1) is 0 Å². The molecule has 0 aromatic carbocycles. The van der Waals surface area contributed by atoms with Crippen LogP contribution in [-0.2, 0) is 33.9 Å². The third-order valence-electron chi connectivity index (χ3n) is 2.92. The molecule has 0 amide bonds. The highest BCUT2D eigenvalue weighted by molar-refractivity contribution is 7.92. The first-order chi connectivity index (χ1) is 9.57. The molecule has 9 nitrogen and oxygen atoms in total. The van der Waals surface area contributed by atoms with Gasteiger partial charge in [-0.3, -0.25) is 4.55 Å². The van der Waals surface area contributed by atoms with Gasteiger partial charge in [0.25, 0.3) is 0 Å². The van der Waals surface area contributed by atoms with Crippen molar-refractivity contribution < 1.29 is 35.0 Å². The molecule has 1 rings (SSSR count). The molecule has 0 aliphatic heterocycles. The number of hydrogen-bond acceptors (Lipinski definition) is 8. The van der Waals surface area contributed by atoms with Gasteiger partial charge in [-0.1, -0.05) is 0 Å². The van der Waals surface area contributed by atoms with Gasteiger partial charge in [-0.05, 0) is 12.2 Å². The second-order valence-electron chi connectivity index (χ2n) is 4.19. The van der Waals surface area contributed by atoms with Crippen molar-refractivity contribution in [2.24, 2.45) is 5.73 Å². The second-order valence-corrected chi connectivity index (χ2v) is 7.61. The number of methoxy groups -OCH3 is 2. The standard InChI is InChI=1S/C10H17NO8S2/c1-17-9-3-4-10(18-2,7-8(9)11)20(12,13)6-5-19-21(14,15)16/h3-4H,5-7,11H2,1-2H3,(H,14,15,16). The molecule has 0 aromatic heterocycles. The summed E-state index contributed by atoms with van der Waals surface area (Å²) in [6, 6.07) is 0. The SMILES string of the molecule is COC1=C(N)CC(OC)(S(=O)(=O)CCOS(=O)(=O)O)C=C1. The molecule has 0 saturated carbocycles. The molecule has 1 atom stereocenters. The summed E-state index contributed by atoms with van der Waals surface area (Å²) in [5.74, 6) is -0.354. The number of rotatable bonds is 7. The lowest BCUT2D eigenvalue weighted by atomic mass is 10.1. The molecule has 0 heterocycles. The zero-order valence-corrected chi connectivity index (χ0v) is 13.1. The van der Waals surface area contributed by atoms with Crippen molar-refractivity contribution in [3.05, 3.63) is 23.6 Å². The van der Waals surface area contributed by atoms with Gasteiger partial charge in [0, 0.05) is 13.5 Å². The normalized spacial score (nSPS) is 23.4. The summed E-state index contributed by atoms with van der Waals surface area (Å²) in [6.07, 6.45) is 2.46. The summed E-state index contributed by atoms with van der Waals surface area (Å²) >= 11 is 0. The molecule has 11 heteroatoms. The van der Waals surface area contributed by atoms with Crippen molar-refractivity contribution in [2.45, 2.75) is 11.4 Å². The van der Waals surface area contributed by atoms with E-state index < -0.39 is 37.5 Å². The average Bonchev–Trinajstić information content (AvgIpc) is 2.36. The van der Waals surface area contributed by atoms with Crippen LogP contribution in [0.25, 0.3) is 0 Å². The van der Waals surface area contributed by atoms with Crippen LogP contribution in [-0.4, -0.2) is 52.9 Å². The summed E-state index contributed by atoms with van der Waals surface area (Å²) in [4.78, 5) is -1.73. The quantitative estimate of drug-likeness (QED) is 0.576. The first-order valence-corrected chi connectivity index (χ1v) is 8.70. The number of hydrogen-bond donors (Lipinski definition) is 2. The van der Waals surface area contributed by atoms with Crippen molar-refractivity contribution in [2.75, 3.05) is 26.6 Å². The zero-order valence-electron chi connectivity index (χ0n) is 11.5. The maximum absolute atomic E-state index is 12.3. The van der Waals surface area contributed by atoms with E-state index in [0.29, 0.717) is 5.76 Å². The lowest BCUT2D eigenvalue weighted by Crippen LogP contribution is -2.44. The predicted molar refractivity (Wildman–Crippen MR) is 73.0 cm³/mol. The van der Waals surface area contributed by atoms with Gasteiger partial charge in [0.15, 0.2) is 14.8 Å². The van der Waals surface area contributed by atoms with E-state index in [1.165, 1.54) is 26.4 Å². The topological polar surface area (TPSA) is 142 Å². The highest BCUT2D eigenvalue weighted by atomic mass is 32.3. The van der Waals surface area contributed by atoms with E-state index in [2.05, 4.69) is 4.18 Å². The number of sulfone groups is 1. The molecule has 0 aromatic rings. The molecule has 1 aliphatic rings. The van der Waals surface area contributed by atoms with Crippen molar-refractivity contribution in [3.8, 4) is 0 Å². The van der Waals surface area contributed by atoms with E-state index in [0.717, 1.165) is 0 Å². The molecular formula is C10H17NO8S2. The predicted octanol–water partition coefficient (Wildman–Crippen LogP) is -0.660. The number of nitrogens with two attached hydrogens (primary N) is 1. The Morgan fingerprint density at radius 1 is 1.33 bits per heavy atom. The van der Waals surface area contributed by atoms with Crippen LogP contribution in [0.15, 0.2) is 23.6 Å². The van der Waals surface area contributed by atoms with Crippen LogP contribution in [0.4, 0.5) is 0 Å². The van der Waals surface area contributed by atoms with E-state index >= 15 is 0 Å². The Morgan fingerprint density at radius 3 is 2.38 bits per heavy atom. The molecule has 0 saturated heterocycles. The minimum absolute atomic E-state index is 0.169. The van der Waals surface area contributed by atoms with E-state index in [9.17, 15) is 16.8 Å². The molecule has 0 spiro atoms. The molecule has 1 unspecified atom stereocenters. The van der Waals surface area contributed by atoms with Crippen LogP contribution in [0.3, 0.4) is 0 Å². The fourth-order valence-electron chi connectivity index (χ4n) is 1.82. The fraction of sp³-hybridized carbons (Fsp3) is 0.600. The van der Waals surface area contributed by atoms with Crippen molar-refractivity contribution in [1.29, 1.82) is 0 Å². The zero-order chi connectivity index (χ0) is 16.3. The fourth-order valence-corrected chi connectivity index (χ4v) is 3.78. The largest absolute Gasteiger partial charge is 0.495 e. The number of ether oxygens (including phenoxy) is 2. The molecular weight excluding hydrogens is 326 g/mol. The Bertz CT molecular complexity index is 649. The summed E-state index contributed by atoms with van der Waals surface area (Å²) in [5.41, 5.74) is 5.91. The number of allylic oxidation sites excluding steroid dienone is 1. The van der Waals surface area contributed by atoms with Gasteiger partial charge >= 0.3 is 10.4 Å². The van der Waals surface area contributed by atoms with Crippen LogP contribution >= 0.6 is 0 Å². The summed E-state index contributed by atoms with van der Waals surface area (Å²) < 4.78 is 68.0. The Balaban J connectivity index is 2.95. The van der Waals surface area contributed by atoms with E-state index in [1.54, 1.807) is 0 Å². The monoisotopic (exact) mass is 343 g/mol. The molecule has 122 valence electrons. The molecule has 0 bridgehead atoms. The summed E-state index contributed by atoms with van der Waals surface area (Å²) in [7, 11) is -6.09. The Labute approximate surface area is 123 Å². The third kappa shape index (κ3) is 4.17. The first kappa shape index (κ1) is 17.9. The highest BCUT2D eigenvalue weighted by Crippen LogP contribution is 2.33. The first-order valence-electron chi connectivity index (χ1n) is 5.68. The maximum atomic E-state index is 12.3. The maximum Gasteiger partial charge on any atom is 0.397 e. The smallest absolute Gasteiger partial charge is 0.397 e. The van der Waals surface area contributed by atoms with Gasteiger partial charge in [0.05, 0.1) is 25.2 Å². The van der Waals surface area contributed by atoms with Crippen LogP contribution in [0.2, 0.25) is 0 Å². The van der Waals surface area contributed by atoms with Gasteiger partial charge in [0.2, 0.25) is 0 Å². The van der Waals surface area contributed by atoms with E-state index in [1.807, 2.05) is 0 Å². The Kier molecular flexibility index (Phi) is 5.39. The van der Waals surface area contributed by atoms with Gasteiger partial charge in [-0.25, -0.2) is 12.6 Å². The molecule has 0 fully saturated rings.